The average Bonchev–Trinajstić information content (AvgIpc) is 3.03. The molecule has 1 saturated carbocycles. The quantitative estimate of drug-likeness (QED) is 0.657. The van der Waals surface area contributed by atoms with E-state index in [9.17, 15) is 9.59 Å². The number of amides is 1. The van der Waals surface area contributed by atoms with E-state index in [2.05, 4.69) is 10.3 Å². The average molecular weight is 425 g/mol. The van der Waals surface area contributed by atoms with Gasteiger partial charge in [0, 0.05) is 37.3 Å². The number of anilines is 1. The molecule has 1 aliphatic carbocycles. The molecule has 0 aliphatic heterocycles. The molecule has 0 atom stereocenters. The summed E-state index contributed by atoms with van der Waals surface area (Å²) in [6.45, 7) is 0.598. The molecule has 0 unspecified atom stereocenters. The van der Waals surface area contributed by atoms with Gasteiger partial charge in [-0.2, -0.15) is 4.98 Å². The molecule has 1 fully saturated rings. The molecule has 31 heavy (non-hydrogen) atoms. The molecule has 1 N–H and O–H groups in total. The minimum atomic E-state index is -0.0753. The number of methoxy groups -OCH3 is 2. The minimum Gasteiger partial charge on any atom is -0.497 e. The summed E-state index contributed by atoms with van der Waals surface area (Å²) in [6.07, 6.45) is 3.39. The van der Waals surface area contributed by atoms with Crippen LogP contribution < -0.4 is 20.5 Å². The molecule has 4 rings (SSSR count). The topological polar surface area (TPSA) is 87.4 Å². The van der Waals surface area contributed by atoms with Gasteiger partial charge in [-0.15, -0.1) is 0 Å². The van der Waals surface area contributed by atoms with Crippen molar-refractivity contribution in [2.24, 2.45) is 18.9 Å². The Balaban J connectivity index is 1.41. The second-order valence-corrected chi connectivity index (χ2v) is 8.09. The number of aryl methyl sites for hydroxylation is 1. The molecule has 1 aromatic carbocycles. The summed E-state index contributed by atoms with van der Waals surface area (Å²) >= 11 is 0. The monoisotopic (exact) mass is 424 g/mol. The molecule has 3 aromatic rings. The Bertz CT molecular complexity index is 1140. The van der Waals surface area contributed by atoms with E-state index in [4.69, 9.17) is 9.47 Å². The van der Waals surface area contributed by atoms with Gasteiger partial charge in [0.05, 0.1) is 19.7 Å². The number of imidazole rings is 1. The third-order valence-corrected chi connectivity index (χ3v) is 6.17. The van der Waals surface area contributed by atoms with Crippen molar-refractivity contribution >= 4 is 22.8 Å². The first-order valence-electron chi connectivity index (χ1n) is 10.6. The first kappa shape index (κ1) is 21.0. The van der Waals surface area contributed by atoms with Crippen molar-refractivity contribution in [3.05, 3.63) is 46.9 Å². The van der Waals surface area contributed by atoms with Gasteiger partial charge in [-0.1, -0.05) is 6.07 Å². The number of rotatable bonds is 6. The number of fused-ring (bicyclic) bond motifs is 1. The lowest BCUT2D eigenvalue weighted by Crippen LogP contribution is -2.31. The maximum absolute atomic E-state index is 12.8. The number of nitrogens with zero attached hydrogens (tertiary/aromatic N) is 3. The first-order chi connectivity index (χ1) is 15.0. The highest BCUT2D eigenvalue weighted by Crippen LogP contribution is 2.31. The summed E-state index contributed by atoms with van der Waals surface area (Å²) in [5.74, 6) is 1.56. The van der Waals surface area contributed by atoms with Crippen molar-refractivity contribution in [3.8, 4) is 11.6 Å². The number of aromatic nitrogens is 3. The number of nitrogens with one attached hydrogen (secondary N) is 1. The van der Waals surface area contributed by atoms with Crippen molar-refractivity contribution in [1.29, 1.82) is 0 Å². The van der Waals surface area contributed by atoms with Gasteiger partial charge >= 0.3 is 5.69 Å². The van der Waals surface area contributed by atoms with Crippen molar-refractivity contribution in [2.75, 3.05) is 19.5 Å². The Labute approximate surface area is 180 Å². The van der Waals surface area contributed by atoms with Crippen LogP contribution in [-0.4, -0.2) is 34.2 Å². The lowest BCUT2D eigenvalue weighted by Gasteiger charge is -2.28. The van der Waals surface area contributed by atoms with E-state index in [0.29, 0.717) is 29.7 Å². The van der Waals surface area contributed by atoms with Crippen LogP contribution in [0.2, 0.25) is 0 Å². The maximum atomic E-state index is 12.8. The standard InChI is InChI=1S/C23H28N4O4/c1-26-19-11-12-20(31-3)25-21(19)27(23(26)29)14-15-7-9-16(10-8-15)22(28)24-17-5-4-6-18(13-17)30-2/h4-6,11-13,15-16H,7-10,14H2,1-3H3,(H,24,28)/t15-,16-. The highest BCUT2D eigenvalue weighted by molar-refractivity contribution is 5.92. The highest BCUT2D eigenvalue weighted by atomic mass is 16.5. The van der Waals surface area contributed by atoms with Gasteiger partial charge in [0.25, 0.3) is 0 Å². The Morgan fingerprint density at radius 3 is 2.61 bits per heavy atom. The normalized spacial score (nSPS) is 18.7. The Morgan fingerprint density at radius 2 is 1.90 bits per heavy atom. The summed E-state index contributed by atoms with van der Waals surface area (Å²) in [6, 6.07) is 11.0. The third-order valence-electron chi connectivity index (χ3n) is 6.17. The van der Waals surface area contributed by atoms with Gasteiger partial charge in [-0.05, 0) is 49.8 Å². The number of benzene rings is 1. The summed E-state index contributed by atoms with van der Waals surface area (Å²) < 4.78 is 13.8. The second kappa shape index (κ2) is 8.83. The van der Waals surface area contributed by atoms with Crippen LogP contribution in [0.15, 0.2) is 41.2 Å². The van der Waals surface area contributed by atoms with Crippen molar-refractivity contribution in [3.63, 3.8) is 0 Å². The molecule has 8 nitrogen and oxygen atoms in total. The van der Waals surface area contributed by atoms with E-state index in [1.165, 1.54) is 0 Å². The van der Waals surface area contributed by atoms with Gasteiger partial charge in [0.15, 0.2) is 5.65 Å². The van der Waals surface area contributed by atoms with Crippen LogP contribution in [0, 0.1) is 11.8 Å². The molecule has 0 radical (unpaired) electrons. The number of pyridine rings is 1. The van der Waals surface area contributed by atoms with E-state index in [-0.39, 0.29) is 17.5 Å². The molecule has 1 aliphatic rings. The predicted molar refractivity (Wildman–Crippen MR) is 119 cm³/mol. The van der Waals surface area contributed by atoms with Crippen LogP contribution in [0.4, 0.5) is 5.69 Å². The molecule has 0 bridgehead atoms. The number of carbonyl (C=O) groups excluding carboxylic acids is 1. The Hall–Kier alpha value is -3.29. The number of hydrogen-bond donors (Lipinski definition) is 1. The fourth-order valence-corrected chi connectivity index (χ4v) is 4.35. The lowest BCUT2D eigenvalue weighted by molar-refractivity contribution is -0.121. The minimum absolute atomic E-state index is 0.0232. The van der Waals surface area contributed by atoms with Gasteiger partial charge in [0.2, 0.25) is 11.8 Å². The van der Waals surface area contributed by atoms with E-state index >= 15 is 0 Å². The summed E-state index contributed by atoms with van der Waals surface area (Å²) in [4.78, 5) is 30.0. The Kier molecular flexibility index (Phi) is 5.97. The van der Waals surface area contributed by atoms with Gasteiger partial charge in [0.1, 0.15) is 5.75 Å². The van der Waals surface area contributed by atoms with Crippen LogP contribution in [0.5, 0.6) is 11.6 Å². The zero-order chi connectivity index (χ0) is 22.0. The summed E-state index contributed by atoms with van der Waals surface area (Å²) in [5, 5.41) is 3.00. The van der Waals surface area contributed by atoms with Gasteiger partial charge in [-0.25, -0.2) is 4.79 Å². The van der Waals surface area contributed by atoms with Crippen LogP contribution in [0.1, 0.15) is 25.7 Å². The predicted octanol–water partition coefficient (Wildman–Crippen LogP) is 3.20. The SMILES string of the molecule is COc1cccc(NC(=O)[C@H]2CC[C@H](Cn3c(=O)n(C)c4ccc(OC)nc43)CC2)c1. The van der Waals surface area contributed by atoms with Crippen molar-refractivity contribution in [1.82, 2.24) is 14.1 Å². The van der Waals surface area contributed by atoms with E-state index in [1.807, 2.05) is 30.3 Å². The van der Waals surface area contributed by atoms with E-state index < -0.39 is 0 Å². The van der Waals surface area contributed by atoms with E-state index in [0.717, 1.165) is 36.9 Å². The molecular formula is C23H28N4O4. The molecule has 0 spiro atoms. The number of carbonyl (C=O) groups is 1. The summed E-state index contributed by atoms with van der Waals surface area (Å²) in [5.41, 5.74) is 2.10. The largest absolute Gasteiger partial charge is 0.497 e. The van der Waals surface area contributed by atoms with Crippen LogP contribution in [0.25, 0.3) is 11.2 Å². The molecule has 164 valence electrons. The molecule has 1 amide bonds. The summed E-state index contributed by atoms with van der Waals surface area (Å²) in [7, 11) is 4.93. The van der Waals surface area contributed by atoms with E-state index in [1.54, 1.807) is 36.5 Å². The molecule has 8 heteroatoms. The second-order valence-electron chi connectivity index (χ2n) is 8.09. The zero-order valence-corrected chi connectivity index (χ0v) is 18.1. The first-order valence-corrected chi connectivity index (χ1v) is 10.6. The van der Waals surface area contributed by atoms with Crippen LogP contribution >= 0.6 is 0 Å². The molecule has 2 heterocycles. The molecule has 0 saturated heterocycles. The van der Waals surface area contributed by atoms with Crippen molar-refractivity contribution < 1.29 is 14.3 Å². The van der Waals surface area contributed by atoms with Gasteiger partial charge < -0.3 is 14.8 Å². The smallest absolute Gasteiger partial charge is 0.330 e. The number of hydrogen-bond acceptors (Lipinski definition) is 5. The highest BCUT2D eigenvalue weighted by Gasteiger charge is 2.28. The molecule has 2 aromatic heterocycles. The Morgan fingerprint density at radius 1 is 1.13 bits per heavy atom. The van der Waals surface area contributed by atoms with Crippen molar-refractivity contribution in [2.45, 2.75) is 32.2 Å². The van der Waals surface area contributed by atoms with Gasteiger partial charge in [-0.3, -0.25) is 13.9 Å². The fourth-order valence-electron chi connectivity index (χ4n) is 4.35. The lowest BCUT2D eigenvalue weighted by atomic mass is 9.81. The fraction of sp³-hybridized carbons (Fsp3) is 0.435. The van der Waals surface area contributed by atoms with Crippen LogP contribution in [0.3, 0.4) is 0 Å². The number of ether oxygens (including phenoxy) is 2. The molecular weight excluding hydrogens is 396 g/mol. The third kappa shape index (κ3) is 4.28. The maximum Gasteiger partial charge on any atom is 0.330 e. The zero-order valence-electron chi connectivity index (χ0n) is 18.1. The van der Waals surface area contributed by atoms with Crippen LogP contribution in [-0.2, 0) is 18.4 Å².